The van der Waals surface area contributed by atoms with Gasteiger partial charge < -0.3 is 18.7 Å². The summed E-state index contributed by atoms with van der Waals surface area (Å²) in [5, 5.41) is 9.53. The summed E-state index contributed by atoms with van der Waals surface area (Å²) in [7, 11) is 0.778. The Hall–Kier alpha value is -6.72. The van der Waals surface area contributed by atoms with Gasteiger partial charge in [-0.3, -0.25) is 0 Å². The second kappa shape index (κ2) is 10.2. The number of hydrogen-bond acceptors (Lipinski definition) is 3. The van der Waals surface area contributed by atoms with Gasteiger partial charge in [0.1, 0.15) is 22.3 Å². The number of aryl methyl sites for hydroxylation is 1. The normalized spacial score (nSPS) is 12.8. The minimum atomic E-state index is 0.778. The van der Waals surface area contributed by atoms with Crippen molar-refractivity contribution >= 4 is 112 Å². The third-order valence-corrected chi connectivity index (χ3v) is 11.2. The van der Waals surface area contributed by atoms with Gasteiger partial charge >= 0.3 is 0 Å². The van der Waals surface area contributed by atoms with Gasteiger partial charge in [0.15, 0.2) is 7.28 Å². The number of furan rings is 2. The van der Waals surface area contributed by atoms with Gasteiger partial charge in [0.05, 0.1) is 5.52 Å². The zero-order chi connectivity index (χ0) is 34.1. The molecular formula is C47H29BN2O2. The van der Waals surface area contributed by atoms with Crippen LogP contribution in [0, 0.1) is 6.92 Å². The van der Waals surface area contributed by atoms with E-state index in [-0.39, 0.29) is 0 Å². The number of para-hydroxylation sites is 3. The van der Waals surface area contributed by atoms with E-state index in [4.69, 9.17) is 8.83 Å². The summed E-state index contributed by atoms with van der Waals surface area (Å²) >= 11 is 0. The minimum Gasteiger partial charge on any atom is -0.456 e. The quantitative estimate of drug-likeness (QED) is 0.187. The van der Waals surface area contributed by atoms with E-state index >= 15 is 0 Å². The van der Waals surface area contributed by atoms with Gasteiger partial charge in [0.2, 0.25) is 0 Å². The molecule has 8 aromatic carbocycles. The van der Waals surface area contributed by atoms with Crippen LogP contribution in [-0.4, -0.2) is 12.3 Å². The molecule has 1 aliphatic rings. The maximum absolute atomic E-state index is 6.47. The fraction of sp³-hybridized carbons (Fsp3) is 0.0213. The predicted molar refractivity (Wildman–Crippen MR) is 219 cm³/mol. The molecular weight excluding hydrogens is 635 g/mol. The Morgan fingerprint density at radius 3 is 2.08 bits per heavy atom. The van der Waals surface area contributed by atoms with Crippen LogP contribution in [0.2, 0.25) is 0 Å². The zero-order valence-corrected chi connectivity index (χ0v) is 28.3. The lowest BCUT2D eigenvalue weighted by Crippen LogP contribution is -2.41. The monoisotopic (exact) mass is 664 g/mol. The number of aromatic nitrogens is 1. The Labute approximate surface area is 298 Å². The van der Waals surface area contributed by atoms with Crippen molar-refractivity contribution < 1.29 is 8.83 Å². The number of rotatable bonds is 2. The molecule has 5 heteroatoms. The Balaban J connectivity index is 1.15. The number of nitrogens with zero attached hydrogens (tertiary/aromatic N) is 1. The zero-order valence-electron chi connectivity index (χ0n) is 28.3. The van der Waals surface area contributed by atoms with Gasteiger partial charge in [0, 0.05) is 60.5 Å². The van der Waals surface area contributed by atoms with Crippen LogP contribution in [0.5, 0.6) is 0 Å². The van der Waals surface area contributed by atoms with Crippen LogP contribution in [0.4, 0.5) is 17.1 Å². The lowest BCUT2D eigenvalue weighted by atomic mass is 9.58. The number of benzene rings is 8. The van der Waals surface area contributed by atoms with Crippen LogP contribution in [0.25, 0.3) is 87.6 Å². The van der Waals surface area contributed by atoms with Crippen molar-refractivity contribution in [3.8, 4) is 11.1 Å². The first-order valence-corrected chi connectivity index (χ1v) is 17.9. The van der Waals surface area contributed by atoms with Crippen molar-refractivity contribution in [1.82, 2.24) is 4.98 Å². The molecule has 52 heavy (non-hydrogen) atoms. The van der Waals surface area contributed by atoms with Crippen molar-refractivity contribution in [1.29, 1.82) is 0 Å². The molecule has 0 radical (unpaired) electrons. The molecule has 0 saturated carbocycles. The van der Waals surface area contributed by atoms with E-state index in [1.807, 2.05) is 18.2 Å². The highest BCUT2D eigenvalue weighted by atomic mass is 16.3. The average Bonchev–Trinajstić information content (AvgIpc) is 3.87. The number of anilines is 3. The second-order valence-corrected chi connectivity index (χ2v) is 14.2. The highest BCUT2D eigenvalue weighted by Gasteiger charge is 2.30. The van der Waals surface area contributed by atoms with E-state index in [2.05, 4.69) is 144 Å². The van der Waals surface area contributed by atoms with E-state index < -0.39 is 0 Å². The Bertz CT molecular complexity index is 3310. The molecule has 3 aromatic heterocycles. The van der Waals surface area contributed by atoms with E-state index in [1.54, 1.807) is 0 Å². The molecule has 0 bridgehead atoms. The standard InChI is InChI=1S/C47H29BN2O2/c1-26-21-36(32-13-8-14-33-45-29-10-3-2-9-27(29)17-19-38(45)49-47(32)33)46-40(22-26)50(28-18-20-43-34(23-28)30-11-4-6-15-41(30)51-43)39-24-35-31-12-5-7-16-42(31)52-44(35)25-37(39)48-46/h2-25,48-49H,1H3. The second-order valence-electron chi connectivity index (χ2n) is 14.2. The fourth-order valence-corrected chi connectivity index (χ4v) is 8.95. The molecule has 0 amide bonds. The smallest absolute Gasteiger partial charge is 0.198 e. The first-order valence-electron chi connectivity index (χ1n) is 17.9. The molecule has 1 N–H and O–H groups in total. The molecule has 12 rings (SSSR count). The van der Waals surface area contributed by atoms with E-state index in [0.29, 0.717) is 0 Å². The first kappa shape index (κ1) is 28.0. The molecule has 1 aliphatic heterocycles. The van der Waals surface area contributed by atoms with Crippen LogP contribution >= 0.6 is 0 Å². The third kappa shape index (κ3) is 3.82. The van der Waals surface area contributed by atoms with Crippen LogP contribution < -0.4 is 15.8 Å². The highest BCUT2D eigenvalue weighted by Crippen LogP contribution is 2.44. The molecule has 242 valence electrons. The Kier molecular flexibility index (Phi) is 5.49. The summed E-state index contributed by atoms with van der Waals surface area (Å²) in [5.74, 6) is 0. The number of nitrogens with one attached hydrogen (secondary N) is 1. The van der Waals surface area contributed by atoms with Crippen LogP contribution in [-0.2, 0) is 0 Å². The molecule has 4 nitrogen and oxygen atoms in total. The lowest BCUT2D eigenvalue weighted by Gasteiger charge is -2.35. The summed E-state index contributed by atoms with van der Waals surface area (Å²) in [6.07, 6.45) is 0. The van der Waals surface area contributed by atoms with Crippen LogP contribution in [0.3, 0.4) is 0 Å². The molecule has 0 saturated heterocycles. The molecule has 0 aliphatic carbocycles. The van der Waals surface area contributed by atoms with Crippen LogP contribution in [0.15, 0.2) is 154 Å². The predicted octanol–water partition coefficient (Wildman–Crippen LogP) is 11.4. The first-order chi connectivity index (χ1) is 25.7. The number of hydrogen-bond donors (Lipinski definition) is 1. The summed E-state index contributed by atoms with van der Waals surface area (Å²) in [4.78, 5) is 6.32. The van der Waals surface area contributed by atoms with Gasteiger partial charge in [-0.15, -0.1) is 0 Å². The summed E-state index contributed by atoms with van der Waals surface area (Å²) in [5.41, 5.74) is 15.6. The van der Waals surface area contributed by atoms with Gasteiger partial charge in [-0.25, -0.2) is 0 Å². The van der Waals surface area contributed by atoms with Gasteiger partial charge in [-0.05, 0) is 88.9 Å². The topological polar surface area (TPSA) is 45.3 Å². The van der Waals surface area contributed by atoms with Crippen LogP contribution in [0.1, 0.15) is 5.56 Å². The molecule has 4 heterocycles. The maximum Gasteiger partial charge on any atom is 0.198 e. The number of fused-ring (bicyclic) bond motifs is 13. The van der Waals surface area contributed by atoms with Gasteiger partial charge in [-0.1, -0.05) is 96.5 Å². The van der Waals surface area contributed by atoms with Gasteiger partial charge in [-0.2, -0.15) is 0 Å². The van der Waals surface area contributed by atoms with E-state index in [9.17, 15) is 0 Å². The van der Waals surface area contributed by atoms with Crippen molar-refractivity contribution in [3.63, 3.8) is 0 Å². The highest BCUT2D eigenvalue weighted by molar-refractivity contribution is 6.73. The van der Waals surface area contributed by atoms with E-state index in [1.165, 1.54) is 60.5 Å². The van der Waals surface area contributed by atoms with Crippen molar-refractivity contribution in [3.05, 3.63) is 151 Å². The molecule has 11 aromatic rings. The molecule has 0 spiro atoms. The molecule has 0 unspecified atom stereocenters. The largest absolute Gasteiger partial charge is 0.456 e. The summed E-state index contributed by atoms with van der Waals surface area (Å²) < 4.78 is 12.8. The molecule has 0 atom stereocenters. The Morgan fingerprint density at radius 1 is 0.519 bits per heavy atom. The molecule has 0 fully saturated rings. The van der Waals surface area contributed by atoms with Crippen molar-refractivity contribution in [2.75, 3.05) is 4.90 Å². The van der Waals surface area contributed by atoms with Gasteiger partial charge in [0.25, 0.3) is 0 Å². The summed E-state index contributed by atoms with van der Waals surface area (Å²) in [6.45, 7) is 2.22. The van der Waals surface area contributed by atoms with Crippen molar-refractivity contribution in [2.24, 2.45) is 0 Å². The fourth-order valence-electron chi connectivity index (χ4n) is 8.95. The van der Waals surface area contributed by atoms with E-state index in [0.717, 1.165) is 67.9 Å². The maximum atomic E-state index is 6.47. The lowest BCUT2D eigenvalue weighted by molar-refractivity contribution is 0.669. The Morgan fingerprint density at radius 2 is 1.23 bits per heavy atom. The van der Waals surface area contributed by atoms with Crippen molar-refractivity contribution in [2.45, 2.75) is 6.92 Å². The minimum absolute atomic E-state index is 0.778. The SMILES string of the molecule is Cc1cc(-c2cccc3c2[nH]c2ccc4ccccc4c23)c2c(c1)N(c1ccc3oc4ccccc4c3c1)c1cc3c(cc1B2)oc1ccccc13. The average molecular weight is 665 g/mol. The number of aromatic amines is 1. The summed E-state index contributed by atoms with van der Waals surface area (Å²) in [6, 6.07) is 52.5. The number of H-pyrrole nitrogens is 1. The third-order valence-electron chi connectivity index (χ3n) is 11.2.